The van der Waals surface area contributed by atoms with Crippen LogP contribution in [0.15, 0.2) is 24.3 Å². The Balaban J connectivity index is 1.89. The largest absolute Gasteiger partial charge is 0.387 e. The Morgan fingerprint density at radius 1 is 1.32 bits per heavy atom. The van der Waals surface area contributed by atoms with Gasteiger partial charge in [-0.1, -0.05) is 19.1 Å². The van der Waals surface area contributed by atoms with E-state index in [1.54, 1.807) is 6.07 Å². The van der Waals surface area contributed by atoms with Gasteiger partial charge in [0.05, 0.1) is 11.5 Å². The van der Waals surface area contributed by atoms with Gasteiger partial charge >= 0.3 is 0 Å². The van der Waals surface area contributed by atoms with E-state index >= 15 is 0 Å². The molecule has 0 saturated carbocycles. The first kappa shape index (κ1) is 13.8. The van der Waals surface area contributed by atoms with Crippen molar-refractivity contribution >= 4 is 11.5 Å². The van der Waals surface area contributed by atoms with Crippen molar-refractivity contribution in [3.63, 3.8) is 0 Å². The molecule has 0 spiro atoms. The Hall–Kier alpha value is -1.62. The number of hydrogen-bond acceptors (Lipinski definition) is 3. The van der Waals surface area contributed by atoms with Crippen LogP contribution in [0.25, 0.3) is 0 Å². The van der Waals surface area contributed by atoms with Crippen LogP contribution in [0.2, 0.25) is 0 Å². The average Bonchev–Trinajstić information content (AvgIpc) is 2.40. The van der Waals surface area contributed by atoms with E-state index in [4.69, 9.17) is 11.1 Å². The first-order valence-corrected chi connectivity index (χ1v) is 6.63. The second kappa shape index (κ2) is 6.02. The summed E-state index contributed by atoms with van der Waals surface area (Å²) in [5.41, 5.74) is 6.17. The summed E-state index contributed by atoms with van der Waals surface area (Å²) in [5, 5.41) is 7.41. The number of nitrogens with two attached hydrogens (primary N) is 1. The third-order valence-corrected chi connectivity index (χ3v) is 3.63. The first-order valence-electron chi connectivity index (χ1n) is 6.63. The zero-order chi connectivity index (χ0) is 13.8. The van der Waals surface area contributed by atoms with Crippen LogP contribution < -0.4 is 10.6 Å². The second-order valence-corrected chi connectivity index (χ2v) is 5.10. The summed E-state index contributed by atoms with van der Waals surface area (Å²) in [6.45, 7) is 6.15. The maximum Gasteiger partial charge on any atom is 0.146 e. The highest BCUT2D eigenvalue weighted by Gasteiger charge is 2.20. The Labute approximate surface area is 113 Å². The Bertz CT molecular complexity index is 441. The molecule has 104 valence electrons. The van der Waals surface area contributed by atoms with E-state index in [1.165, 1.54) is 6.07 Å². The van der Waals surface area contributed by atoms with Gasteiger partial charge in [0.25, 0.3) is 0 Å². The zero-order valence-electron chi connectivity index (χ0n) is 11.3. The Kier molecular flexibility index (Phi) is 4.37. The molecule has 1 aliphatic heterocycles. The lowest BCUT2D eigenvalue weighted by molar-refractivity contribution is 0.243. The van der Waals surface area contributed by atoms with Gasteiger partial charge in [0.2, 0.25) is 0 Å². The first-order chi connectivity index (χ1) is 9.08. The Morgan fingerprint density at radius 2 is 1.95 bits per heavy atom. The van der Waals surface area contributed by atoms with Crippen molar-refractivity contribution < 1.29 is 4.39 Å². The molecule has 1 unspecified atom stereocenters. The van der Waals surface area contributed by atoms with Crippen molar-refractivity contribution in [2.45, 2.75) is 6.92 Å². The molecule has 0 aliphatic carbocycles. The number of anilines is 1. The van der Waals surface area contributed by atoms with Gasteiger partial charge in [-0.15, -0.1) is 0 Å². The number of halogens is 1. The molecule has 0 aromatic heterocycles. The maximum absolute atomic E-state index is 13.7. The molecule has 4 nitrogen and oxygen atoms in total. The lowest BCUT2D eigenvalue weighted by Gasteiger charge is -2.37. The summed E-state index contributed by atoms with van der Waals surface area (Å²) < 4.78 is 13.7. The van der Waals surface area contributed by atoms with Crippen molar-refractivity contribution in [2.24, 2.45) is 11.7 Å². The van der Waals surface area contributed by atoms with Crippen LogP contribution in [-0.2, 0) is 0 Å². The van der Waals surface area contributed by atoms with E-state index in [-0.39, 0.29) is 17.6 Å². The summed E-state index contributed by atoms with van der Waals surface area (Å²) in [4.78, 5) is 4.35. The fourth-order valence-corrected chi connectivity index (χ4v) is 2.37. The van der Waals surface area contributed by atoms with Gasteiger partial charge in [0, 0.05) is 38.6 Å². The molecule has 1 fully saturated rings. The normalized spacial score (nSPS) is 18.3. The highest BCUT2D eigenvalue weighted by atomic mass is 19.1. The number of hydrogen-bond donors (Lipinski definition) is 2. The third-order valence-electron chi connectivity index (χ3n) is 3.63. The van der Waals surface area contributed by atoms with Crippen molar-refractivity contribution in [3.05, 3.63) is 30.1 Å². The van der Waals surface area contributed by atoms with Crippen LogP contribution in [0.5, 0.6) is 0 Å². The number of nitrogens with one attached hydrogen (secondary N) is 1. The molecule has 0 bridgehead atoms. The van der Waals surface area contributed by atoms with Gasteiger partial charge in [0.15, 0.2) is 0 Å². The minimum atomic E-state index is -0.159. The van der Waals surface area contributed by atoms with Crippen LogP contribution in [0, 0.1) is 17.1 Å². The highest BCUT2D eigenvalue weighted by Crippen LogP contribution is 2.20. The molecule has 1 aromatic rings. The number of amidine groups is 1. The SMILES string of the molecule is CC(CN1CCN(c2ccccc2F)CC1)C(=N)N. The number of para-hydroxylation sites is 1. The molecule has 1 heterocycles. The molecule has 1 atom stereocenters. The van der Waals surface area contributed by atoms with Gasteiger partial charge < -0.3 is 10.6 Å². The molecule has 0 radical (unpaired) electrons. The van der Waals surface area contributed by atoms with E-state index in [9.17, 15) is 4.39 Å². The van der Waals surface area contributed by atoms with Crippen LogP contribution in [0.3, 0.4) is 0 Å². The molecule has 1 aromatic carbocycles. The summed E-state index contributed by atoms with van der Waals surface area (Å²) >= 11 is 0. The minimum absolute atomic E-state index is 0.0833. The van der Waals surface area contributed by atoms with Gasteiger partial charge in [-0.2, -0.15) is 0 Å². The van der Waals surface area contributed by atoms with E-state index in [0.717, 1.165) is 32.7 Å². The lowest BCUT2D eigenvalue weighted by atomic mass is 10.1. The fraction of sp³-hybridized carbons (Fsp3) is 0.500. The number of nitrogens with zero attached hydrogens (tertiary/aromatic N) is 2. The van der Waals surface area contributed by atoms with Gasteiger partial charge in [-0.25, -0.2) is 4.39 Å². The van der Waals surface area contributed by atoms with Crippen LogP contribution >= 0.6 is 0 Å². The molecular formula is C14H21FN4. The zero-order valence-corrected chi connectivity index (χ0v) is 11.3. The van der Waals surface area contributed by atoms with Crippen molar-refractivity contribution in [1.29, 1.82) is 5.41 Å². The monoisotopic (exact) mass is 264 g/mol. The van der Waals surface area contributed by atoms with Crippen molar-refractivity contribution in [1.82, 2.24) is 4.90 Å². The topological polar surface area (TPSA) is 56.4 Å². The minimum Gasteiger partial charge on any atom is -0.387 e. The highest BCUT2D eigenvalue weighted by molar-refractivity contribution is 5.79. The molecular weight excluding hydrogens is 243 g/mol. The molecule has 5 heteroatoms. The lowest BCUT2D eigenvalue weighted by Crippen LogP contribution is -2.48. The Morgan fingerprint density at radius 3 is 2.53 bits per heavy atom. The predicted octanol–water partition coefficient (Wildman–Crippen LogP) is 1.52. The number of piperazine rings is 1. The van der Waals surface area contributed by atoms with E-state index in [1.807, 2.05) is 19.1 Å². The molecule has 1 aliphatic rings. The van der Waals surface area contributed by atoms with Crippen molar-refractivity contribution in [2.75, 3.05) is 37.6 Å². The smallest absolute Gasteiger partial charge is 0.146 e. The predicted molar refractivity (Wildman–Crippen MR) is 76.1 cm³/mol. The van der Waals surface area contributed by atoms with Crippen LogP contribution in [-0.4, -0.2) is 43.5 Å². The van der Waals surface area contributed by atoms with E-state index < -0.39 is 0 Å². The number of benzene rings is 1. The second-order valence-electron chi connectivity index (χ2n) is 5.10. The molecule has 3 N–H and O–H groups in total. The van der Waals surface area contributed by atoms with Crippen molar-refractivity contribution in [3.8, 4) is 0 Å². The average molecular weight is 264 g/mol. The van der Waals surface area contributed by atoms with E-state index in [0.29, 0.717) is 5.69 Å². The summed E-state index contributed by atoms with van der Waals surface area (Å²) in [7, 11) is 0. The van der Waals surface area contributed by atoms with Gasteiger partial charge in [-0.3, -0.25) is 10.3 Å². The maximum atomic E-state index is 13.7. The third kappa shape index (κ3) is 3.44. The van der Waals surface area contributed by atoms with Crippen LogP contribution in [0.1, 0.15) is 6.92 Å². The molecule has 0 amide bonds. The van der Waals surface area contributed by atoms with Gasteiger partial charge in [0.1, 0.15) is 5.82 Å². The summed E-state index contributed by atoms with van der Waals surface area (Å²) in [5.74, 6) is 0.157. The molecule has 19 heavy (non-hydrogen) atoms. The molecule has 1 saturated heterocycles. The fourth-order valence-electron chi connectivity index (χ4n) is 2.37. The molecule has 2 rings (SSSR count). The van der Waals surface area contributed by atoms with Crippen LogP contribution in [0.4, 0.5) is 10.1 Å². The van der Waals surface area contributed by atoms with Gasteiger partial charge in [-0.05, 0) is 12.1 Å². The summed E-state index contributed by atoms with van der Waals surface area (Å²) in [6.07, 6.45) is 0. The summed E-state index contributed by atoms with van der Waals surface area (Å²) in [6, 6.07) is 6.90. The van der Waals surface area contributed by atoms with E-state index in [2.05, 4.69) is 9.80 Å². The number of rotatable bonds is 4. The standard InChI is InChI=1S/C14H21FN4/c1-11(14(16)17)10-18-6-8-19(9-7-18)13-5-3-2-4-12(13)15/h2-5,11H,6-10H2,1H3,(H3,16,17). The quantitative estimate of drug-likeness (QED) is 0.640.